The zero-order valence-electron chi connectivity index (χ0n) is 12.6. The molecule has 0 aromatic carbocycles. The molecule has 0 saturated carbocycles. The van der Waals surface area contributed by atoms with E-state index in [1.165, 1.54) is 6.33 Å². The van der Waals surface area contributed by atoms with E-state index in [2.05, 4.69) is 25.2 Å². The molecule has 0 aliphatic carbocycles. The molecule has 25 heavy (non-hydrogen) atoms. The first-order valence-electron chi connectivity index (χ1n) is 6.87. The molecule has 1 aliphatic rings. The predicted molar refractivity (Wildman–Crippen MR) is 82.7 cm³/mol. The summed E-state index contributed by atoms with van der Waals surface area (Å²) >= 11 is 0. The molecular weight excluding hydrogens is 356 g/mol. The van der Waals surface area contributed by atoms with E-state index in [0.29, 0.717) is 5.39 Å². The molecular formula is C12H14N6O6S. The summed E-state index contributed by atoms with van der Waals surface area (Å²) in [6.07, 6.45) is 1.27. The van der Waals surface area contributed by atoms with Crippen molar-refractivity contribution < 1.29 is 27.6 Å². The van der Waals surface area contributed by atoms with Gasteiger partial charge in [0.1, 0.15) is 36.2 Å². The first-order valence-corrected chi connectivity index (χ1v) is 8.34. The van der Waals surface area contributed by atoms with Crippen LogP contribution in [-0.2, 0) is 19.2 Å². The minimum absolute atomic E-state index is 0.0892. The van der Waals surface area contributed by atoms with Gasteiger partial charge >= 0.3 is 10.3 Å². The van der Waals surface area contributed by atoms with Crippen LogP contribution in [0.3, 0.4) is 0 Å². The summed E-state index contributed by atoms with van der Waals surface area (Å²) in [5.74, 6) is 2.41. The van der Waals surface area contributed by atoms with E-state index in [-0.39, 0.29) is 17.2 Å². The maximum absolute atomic E-state index is 10.9. The Morgan fingerprint density at radius 2 is 2.12 bits per heavy atom. The van der Waals surface area contributed by atoms with Crippen molar-refractivity contribution in [3.05, 3.63) is 12.0 Å². The third-order valence-corrected chi connectivity index (χ3v) is 4.09. The van der Waals surface area contributed by atoms with Gasteiger partial charge in [0.2, 0.25) is 0 Å². The van der Waals surface area contributed by atoms with Crippen LogP contribution in [0.2, 0.25) is 0 Å². The predicted octanol–water partition coefficient (Wildman–Crippen LogP) is -2.77. The van der Waals surface area contributed by atoms with Crippen LogP contribution >= 0.6 is 0 Å². The van der Waals surface area contributed by atoms with Gasteiger partial charge in [-0.25, -0.2) is 19.8 Å². The fourth-order valence-electron chi connectivity index (χ4n) is 2.50. The Bertz CT molecular complexity index is 953. The monoisotopic (exact) mass is 370 g/mol. The molecule has 0 bridgehead atoms. The van der Waals surface area contributed by atoms with E-state index in [1.54, 1.807) is 0 Å². The molecule has 3 heterocycles. The number of nitrogen functional groups attached to an aromatic ring is 1. The van der Waals surface area contributed by atoms with Crippen LogP contribution in [0, 0.1) is 12.3 Å². The molecule has 0 amide bonds. The van der Waals surface area contributed by atoms with Crippen LogP contribution in [-0.4, -0.2) is 63.3 Å². The SMILES string of the molecule is C#Cc1nn([C@@H]2OC(COS(N)(=O)=O)C(O)[C@H]2O)c2ncnc(N)c12. The molecule has 2 unspecified atom stereocenters. The Morgan fingerprint density at radius 3 is 2.76 bits per heavy atom. The summed E-state index contributed by atoms with van der Waals surface area (Å²) in [6.45, 7) is -0.591. The zero-order chi connectivity index (χ0) is 18.4. The number of hydrogen-bond donors (Lipinski definition) is 4. The van der Waals surface area contributed by atoms with Crippen molar-refractivity contribution in [1.29, 1.82) is 0 Å². The standard InChI is InChI=1S/C12H14N6O6S/c1-2-5-7-10(13)15-4-16-11(7)18(17-5)12-9(20)8(19)6(24-12)3-23-25(14,21)22/h1,4,6,8-9,12,19-20H,3H2,(H2,13,15,16)(H2,14,21,22)/t6?,8?,9-,12-/m1/s1. The van der Waals surface area contributed by atoms with Gasteiger partial charge in [0.05, 0.1) is 12.0 Å². The average Bonchev–Trinajstić information content (AvgIpc) is 3.05. The van der Waals surface area contributed by atoms with E-state index < -0.39 is 41.5 Å². The maximum Gasteiger partial charge on any atom is 0.333 e. The number of anilines is 1. The summed E-state index contributed by atoms with van der Waals surface area (Å²) in [7, 11) is -4.23. The number of ether oxygens (including phenoxy) is 1. The van der Waals surface area contributed by atoms with Gasteiger partial charge in [-0.2, -0.15) is 13.5 Å². The van der Waals surface area contributed by atoms with Crippen LogP contribution in [0.25, 0.3) is 11.0 Å². The van der Waals surface area contributed by atoms with Crippen molar-refractivity contribution in [1.82, 2.24) is 19.7 Å². The lowest BCUT2D eigenvalue weighted by Crippen LogP contribution is -2.35. The Hall–Kier alpha value is -2.34. The molecule has 2 aromatic heterocycles. The van der Waals surface area contributed by atoms with Crippen LogP contribution < -0.4 is 10.9 Å². The molecule has 134 valence electrons. The number of aliphatic hydroxyl groups is 2. The Labute approximate surface area is 141 Å². The number of nitrogens with two attached hydrogens (primary N) is 2. The summed E-state index contributed by atoms with van der Waals surface area (Å²) in [4.78, 5) is 7.84. The van der Waals surface area contributed by atoms with Crippen LogP contribution in [0.15, 0.2) is 6.33 Å². The number of nitrogens with zero attached hydrogens (tertiary/aromatic N) is 4. The highest BCUT2D eigenvalue weighted by Crippen LogP contribution is 2.33. The van der Waals surface area contributed by atoms with Crippen LogP contribution in [0.1, 0.15) is 11.9 Å². The Balaban J connectivity index is 1.96. The molecule has 0 spiro atoms. The van der Waals surface area contributed by atoms with Gasteiger partial charge < -0.3 is 20.7 Å². The highest BCUT2D eigenvalue weighted by molar-refractivity contribution is 7.84. The van der Waals surface area contributed by atoms with Crippen molar-refractivity contribution in [2.75, 3.05) is 12.3 Å². The molecule has 6 N–H and O–H groups in total. The highest BCUT2D eigenvalue weighted by atomic mass is 32.2. The number of hydrogen-bond acceptors (Lipinski definition) is 10. The second kappa shape index (κ2) is 6.19. The van der Waals surface area contributed by atoms with E-state index in [9.17, 15) is 18.6 Å². The van der Waals surface area contributed by atoms with Crippen molar-refractivity contribution in [2.45, 2.75) is 24.5 Å². The summed E-state index contributed by atoms with van der Waals surface area (Å²) in [6, 6.07) is 0. The summed E-state index contributed by atoms with van der Waals surface area (Å²) < 4.78 is 32.7. The molecule has 12 nitrogen and oxygen atoms in total. The molecule has 1 saturated heterocycles. The number of aromatic nitrogens is 4. The summed E-state index contributed by atoms with van der Waals surface area (Å²) in [5, 5.41) is 29.4. The number of rotatable bonds is 4. The minimum atomic E-state index is -4.23. The fourth-order valence-corrected chi connectivity index (χ4v) is 2.83. The Kier molecular flexibility index (Phi) is 4.33. The lowest BCUT2D eigenvalue weighted by molar-refractivity contribution is -0.0527. The van der Waals surface area contributed by atoms with Gasteiger partial charge in [-0.1, -0.05) is 0 Å². The number of aliphatic hydroxyl groups excluding tert-OH is 2. The van der Waals surface area contributed by atoms with Gasteiger partial charge in [-0.15, -0.1) is 6.42 Å². The topological polar surface area (TPSA) is 189 Å². The van der Waals surface area contributed by atoms with Gasteiger partial charge in [0.25, 0.3) is 0 Å². The molecule has 4 atom stereocenters. The van der Waals surface area contributed by atoms with Crippen molar-refractivity contribution in [2.24, 2.45) is 5.14 Å². The lowest BCUT2D eigenvalue weighted by atomic mass is 10.1. The van der Waals surface area contributed by atoms with Gasteiger partial charge in [-0.3, -0.25) is 4.18 Å². The van der Waals surface area contributed by atoms with Crippen molar-refractivity contribution in [3.63, 3.8) is 0 Å². The number of fused-ring (bicyclic) bond motifs is 1. The van der Waals surface area contributed by atoms with Crippen molar-refractivity contribution >= 4 is 27.2 Å². The van der Waals surface area contributed by atoms with Gasteiger partial charge in [0.15, 0.2) is 11.9 Å². The average molecular weight is 370 g/mol. The zero-order valence-corrected chi connectivity index (χ0v) is 13.4. The normalized spacial score (nSPS) is 26.8. The quantitative estimate of drug-likeness (QED) is 0.410. The largest absolute Gasteiger partial charge is 0.387 e. The lowest BCUT2D eigenvalue weighted by Gasteiger charge is -2.15. The first kappa shape index (κ1) is 17.5. The molecule has 2 aromatic rings. The van der Waals surface area contributed by atoms with E-state index in [0.717, 1.165) is 4.68 Å². The van der Waals surface area contributed by atoms with E-state index in [1.807, 2.05) is 0 Å². The first-order chi connectivity index (χ1) is 11.7. The second-order valence-electron chi connectivity index (χ2n) is 5.22. The molecule has 3 rings (SSSR count). The molecule has 0 radical (unpaired) electrons. The third-order valence-electron chi connectivity index (χ3n) is 3.63. The van der Waals surface area contributed by atoms with Gasteiger partial charge in [-0.05, 0) is 5.92 Å². The molecule has 13 heteroatoms. The fraction of sp³-hybridized carbons (Fsp3) is 0.417. The number of terminal acetylenes is 1. The summed E-state index contributed by atoms with van der Waals surface area (Å²) in [5.41, 5.74) is 6.09. The molecule has 1 fully saturated rings. The van der Waals surface area contributed by atoms with Gasteiger partial charge in [0, 0.05) is 0 Å². The second-order valence-corrected chi connectivity index (χ2v) is 6.44. The van der Waals surface area contributed by atoms with E-state index in [4.69, 9.17) is 22.0 Å². The van der Waals surface area contributed by atoms with E-state index >= 15 is 0 Å². The maximum atomic E-state index is 10.9. The highest BCUT2D eigenvalue weighted by Gasteiger charge is 2.45. The van der Waals surface area contributed by atoms with Crippen LogP contribution in [0.4, 0.5) is 5.82 Å². The van der Waals surface area contributed by atoms with Crippen LogP contribution in [0.5, 0.6) is 0 Å². The smallest absolute Gasteiger partial charge is 0.333 e. The Morgan fingerprint density at radius 1 is 1.40 bits per heavy atom. The molecule has 1 aliphatic heterocycles. The van der Waals surface area contributed by atoms with Crippen molar-refractivity contribution in [3.8, 4) is 12.3 Å². The minimum Gasteiger partial charge on any atom is -0.387 e. The third kappa shape index (κ3) is 3.14.